The molecule has 0 radical (unpaired) electrons. The van der Waals surface area contributed by atoms with Crippen LogP contribution in [-0.4, -0.2) is 11.9 Å². The van der Waals surface area contributed by atoms with E-state index in [1.165, 1.54) is 22.3 Å². The molecule has 0 aliphatic carbocycles. The molecule has 0 spiro atoms. The van der Waals surface area contributed by atoms with Crippen molar-refractivity contribution in [3.8, 4) is 0 Å². The maximum Gasteiger partial charge on any atom is 0.0237 e. The van der Waals surface area contributed by atoms with Crippen LogP contribution in [0.5, 0.6) is 0 Å². The molecule has 0 saturated heterocycles. The van der Waals surface area contributed by atoms with Gasteiger partial charge in [0.15, 0.2) is 0 Å². The average molecular weight is 174 g/mol. The third-order valence-corrected chi connectivity index (χ3v) is 3.03. The van der Waals surface area contributed by atoms with E-state index in [9.17, 15) is 0 Å². The number of hydrogen-bond donors (Lipinski definition) is 1. The summed E-state index contributed by atoms with van der Waals surface area (Å²) in [5.74, 6) is 0. The summed E-state index contributed by atoms with van der Waals surface area (Å²) in [6.45, 7) is 4.38. The van der Waals surface area contributed by atoms with Crippen molar-refractivity contribution in [2.24, 2.45) is 0 Å². The molecule has 13 heavy (non-hydrogen) atoms. The van der Waals surface area contributed by atoms with Gasteiger partial charge in [0.1, 0.15) is 0 Å². The Labute approximate surface area is 78.6 Å². The molecule has 1 N–H and O–H groups in total. The third kappa shape index (κ3) is 1.10. The smallest absolute Gasteiger partial charge is 0.0237 e. The first-order chi connectivity index (χ1) is 6.33. The summed E-state index contributed by atoms with van der Waals surface area (Å²) in [7, 11) is 2.18. The van der Waals surface area contributed by atoms with Crippen molar-refractivity contribution in [2.45, 2.75) is 26.2 Å². The Hall–Kier alpha value is -0.860. The monoisotopic (exact) mass is 174 g/mol. The molecule has 2 aliphatic rings. The highest BCUT2D eigenvalue weighted by Gasteiger charge is 2.19. The van der Waals surface area contributed by atoms with Gasteiger partial charge in [-0.05, 0) is 29.3 Å². The predicted molar refractivity (Wildman–Crippen MR) is 52.2 cm³/mol. The minimum atomic E-state index is 1.06. The summed E-state index contributed by atoms with van der Waals surface area (Å²) in [5, 5.41) is 3.39. The first-order valence-corrected chi connectivity index (χ1v) is 4.86. The van der Waals surface area contributed by atoms with Crippen LogP contribution in [0.2, 0.25) is 0 Å². The molecule has 2 heteroatoms. The lowest BCUT2D eigenvalue weighted by Crippen LogP contribution is -2.07. The van der Waals surface area contributed by atoms with Gasteiger partial charge < -0.3 is 5.32 Å². The lowest BCUT2D eigenvalue weighted by atomic mass is 10.0. The van der Waals surface area contributed by atoms with E-state index in [0.29, 0.717) is 0 Å². The minimum absolute atomic E-state index is 1.06. The van der Waals surface area contributed by atoms with Gasteiger partial charge >= 0.3 is 0 Å². The predicted octanol–water partition coefficient (Wildman–Crippen LogP) is 1.24. The van der Waals surface area contributed by atoms with Gasteiger partial charge in [-0.1, -0.05) is 12.1 Å². The Bertz CT molecular complexity index is 324. The summed E-state index contributed by atoms with van der Waals surface area (Å²) in [6, 6.07) is 4.77. The molecule has 0 saturated carbocycles. The Morgan fingerprint density at radius 1 is 1.00 bits per heavy atom. The highest BCUT2D eigenvalue weighted by molar-refractivity contribution is 5.42. The van der Waals surface area contributed by atoms with Crippen LogP contribution in [0.3, 0.4) is 0 Å². The normalized spacial score (nSPS) is 20.4. The highest BCUT2D eigenvalue weighted by Crippen LogP contribution is 2.27. The lowest BCUT2D eigenvalue weighted by molar-refractivity contribution is 0.353. The molecule has 0 aromatic heterocycles. The van der Waals surface area contributed by atoms with Crippen LogP contribution in [0.1, 0.15) is 22.3 Å². The van der Waals surface area contributed by atoms with Gasteiger partial charge in [0, 0.05) is 26.2 Å². The molecule has 0 fully saturated rings. The minimum Gasteiger partial charge on any atom is -0.309 e. The van der Waals surface area contributed by atoms with Gasteiger partial charge in [0.05, 0.1) is 0 Å². The summed E-state index contributed by atoms with van der Waals surface area (Å²) in [6.07, 6.45) is 0. The molecular formula is C11H14N2. The maximum atomic E-state index is 3.39. The Morgan fingerprint density at radius 3 is 2.08 bits per heavy atom. The molecular weight excluding hydrogens is 160 g/mol. The molecule has 2 aliphatic heterocycles. The number of nitrogens with one attached hydrogen (secondary N) is 1. The molecule has 0 unspecified atom stereocenters. The number of benzene rings is 1. The van der Waals surface area contributed by atoms with E-state index in [4.69, 9.17) is 0 Å². The quantitative estimate of drug-likeness (QED) is 0.636. The van der Waals surface area contributed by atoms with E-state index < -0.39 is 0 Å². The largest absolute Gasteiger partial charge is 0.309 e. The fourth-order valence-corrected chi connectivity index (χ4v) is 2.38. The maximum absolute atomic E-state index is 3.39. The van der Waals surface area contributed by atoms with Crippen molar-refractivity contribution >= 4 is 0 Å². The fraction of sp³-hybridized carbons (Fsp3) is 0.455. The second-order valence-corrected chi connectivity index (χ2v) is 4.17. The Balaban J connectivity index is 2.10. The van der Waals surface area contributed by atoms with Gasteiger partial charge in [-0.3, -0.25) is 4.90 Å². The van der Waals surface area contributed by atoms with Gasteiger partial charge in [0.2, 0.25) is 0 Å². The zero-order chi connectivity index (χ0) is 8.84. The van der Waals surface area contributed by atoms with E-state index in [1.54, 1.807) is 0 Å². The third-order valence-electron chi connectivity index (χ3n) is 3.03. The zero-order valence-corrected chi connectivity index (χ0v) is 7.93. The molecule has 0 amide bonds. The summed E-state index contributed by atoms with van der Waals surface area (Å²) >= 11 is 0. The van der Waals surface area contributed by atoms with Crippen LogP contribution in [0.25, 0.3) is 0 Å². The first-order valence-electron chi connectivity index (χ1n) is 4.86. The lowest BCUT2D eigenvalue weighted by Gasteiger charge is -2.02. The highest BCUT2D eigenvalue weighted by atomic mass is 15.1. The van der Waals surface area contributed by atoms with Crippen LogP contribution >= 0.6 is 0 Å². The van der Waals surface area contributed by atoms with Crippen LogP contribution in [0.15, 0.2) is 12.1 Å². The van der Waals surface area contributed by atoms with Crippen molar-refractivity contribution in [1.82, 2.24) is 10.2 Å². The second-order valence-electron chi connectivity index (χ2n) is 4.17. The van der Waals surface area contributed by atoms with Crippen LogP contribution in [0.4, 0.5) is 0 Å². The van der Waals surface area contributed by atoms with Crippen molar-refractivity contribution in [1.29, 1.82) is 0 Å². The van der Waals surface area contributed by atoms with Crippen molar-refractivity contribution in [2.75, 3.05) is 7.05 Å². The molecule has 0 bridgehead atoms. The van der Waals surface area contributed by atoms with Crippen LogP contribution in [-0.2, 0) is 26.2 Å². The standard InChI is InChI=1S/C11H14N2/c1-13-6-10-2-8-4-12-5-9(8)3-11(10)7-13/h2-3,12H,4-7H2,1H3. The summed E-state index contributed by atoms with van der Waals surface area (Å²) in [4.78, 5) is 2.37. The van der Waals surface area contributed by atoms with Gasteiger partial charge in [-0.15, -0.1) is 0 Å². The summed E-state index contributed by atoms with van der Waals surface area (Å²) < 4.78 is 0. The van der Waals surface area contributed by atoms with Gasteiger partial charge in [-0.2, -0.15) is 0 Å². The van der Waals surface area contributed by atoms with Crippen molar-refractivity contribution < 1.29 is 0 Å². The van der Waals surface area contributed by atoms with E-state index in [0.717, 1.165) is 26.2 Å². The fourth-order valence-electron chi connectivity index (χ4n) is 2.38. The molecule has 0 atom stereocenters. The molecule has 1 aromatic carbocycles. The van der Waals surface area contributed by atoms with Crippen LogP contribution < -0.4 is 5.32 Å². The number of rotatable bonds is 0. The van der Waals surface area contributed by atoms with Crippen molar-refractivity contribution in [3.05, 3.63) is 34.4 Å². The molecule has 1 aromatic rings. The molecule has 2 heterocycles. The Kier molecular flexibility index (Phi) is 1.49. The number of hydrogen-bond acceptors (Lipinski definition) is 2. The van der Waals surface area contributed by atoms with E-state index in [1.807, 2.05) is 0 Å². The van der Waals surface area contributed by atoms with E-state index in [2.05, 4.69) is 29.4 Å². The van der Waals surface area contributed by atoms with E-state index in [-0.39, 0.29) is 0 Å². The number of nitrogens with zero attached hydrogens (tertiary/aromatic N) is 1. The van der Waals surface area contributed by atoms with Gasteiger partial charge in [0.25, 0.3) is 0 Å². The SMILES string of the molecule is CN1Cc2cc3c(cc2C1)CNC3. The Morgan fingerprint density at radius 2 is 1.54 bits per heavy atom. The second kappa shape index (κ2) is 2.56. The number of fused-ring (bicyclic) bond motifs is 2. The topological polar surface area (TPSA) is 15.3 Å². The average Bonchev–Trinajstić information content (AvgIpc) is 2.63. The van der Waals surface area contributed by atoms with Crippen molar-refractivity contribution in [3.63, 3.8) is 0 Å². The van der Waals surface area contributed by atoms with Gasteiger partial charge in [-0.25, -0.2) is 0 Å². The molecule has 2 nitrogen and oxygen atoms in total. The summed E-state index contributed by atoms with van der Waals surface area (Å²) in [5.41, 5.74) is 6.08. The first kappa shape index (κ1) is 7.54. The molecule has 3 rings (SSSR count). The zero-order valence-electron chi connectivity index (χ0n) is 7.93. The molecule has 68 valence electrons. The van der Waals surface area contributed by atoms with E-state index >= 15 is 0 Å². The van der Waals surface area contributed by atoms with Crippen LogP contribution in [0, 0.1) is 0 Å².